The van der Waals surface area contributed by atoms with E-state index in [1.807, 2.05) is 36.4 Å². The Labute approximate surface area is 562 Å². The van der Waals surface area contributed by atoms with Gasteiger partial charge in [0.1, 0.15) is 34.5 Å². The second-order valence-electron chi connectivity index (χ2n) is 26.7. The van der Waals surface area contributed by atoms with Gasteiger partial charge in [0.15, 0.2) is 0 Å². The molecule has 0 N–H and O–H groups in total. The second kappa shape index (κ2) is 37.7. The molecule has 6 rings (SSSR count). The molecule has 7 nitrogen and oxygen atoms in total. The first-order chi connectivity index (χ1) is 43.1. The molecule has 504 valence electrons. The number of ether oxygens (including phenoxy) is 2. The van der Waals surface area contributed by atoms with Crippen molar-refractivity contribution in [2.45, 2.75) is 266 Å². The van der Waals surface area contributed by atoms with E-state index in [1.165, 1.54) is 131 Å². The summed E-state index contributed by atoms with van der Waals surface area (Å²) >= 11 is 0. The van der Waals surface area contributed by atoms with E-state index in [1.54, 1.807) is 7.11 Å². The van der Waals surface area contributed by atoms with Gasteiger partial charge < -0.3 is 27.2 Å². The normalized spacial score (nSPS) is 12.1. The molecule has 0 radical (unpaired) electrons. The average Bonchev–Trinajstić information content (AvgIpc) is 2.30. The molecule has 0 atom stereocenters. The topological polar surface area (TPSA) is 72.5 Å². The van der Waals surface area contributed by atoms with Crippen LogP contribution >= 0.6 is 0 Å². The number of carbonyl (C=O) groups is 1. The summed E-state index contributed by atoms with van der Waals surface area (Å²) in [5.74, 6) is 5.27. The zero-order valence-electron chi connectivity index (χ0n) is 61.8. The van der Waals surface area contributed by atoms with E-state index >= 15 is 0 Å². The Kier molecular flexibility index (Phi) is 33.2. The van der Waals surface area contributed by atoms with Crippen molar-refractivity contribution in [3.8, 4) is 34.5 Å². The third-order valence-electron chi connectivity index (χ3n) is 21.1. The highest BCUT2D eigenvalue weighted by Gasteiger charge is 2.35. The van der Waals surface area contributed by atoms with Gasteiger partial charge in [-0.3, -0.25) is 4.79 Å². The number of rotatable bonds is 31. The smallest absolute Gasteiger partial charge is 0.308 e. The first-order valence-electron chi connectivity index (χ1n) is 35.3. The molecule has 0 aliphatic carbocycles. The Morgan fingerprint density at radius 2 is 0.571 bits per heavy atom. The van der Waals surface area contributed by atoms with Crippen LogP contribution in [0.4, 0.5) is 0 Å². The first-order valence-corrected chi connectivity index (χ1v) is 47.8. The van der Waals surface area contributed by atoms with Crippen LogP contribution in [0.15, 0.2) is 140 Å². The van der Waals surface area contributed by atoms with Crippen LogP contribution in [0.3, 0.4) is 0 Å². The summed E-state index contributed by atoms with van der Waals surface area (Å²) in [6.45, 7) is 51.4. The van der Waals surface area contributed by atoms with Gasteiger partial charge in [0.25, 0.3) is 0 Å². The highest BCUT2D eigenvalue weighted by Crippen LogP contribution is 2.39. The van der Waals surface area contributed by atoms with E-state index < -0.39 is 33.3 Å². The van der Waals surface area contributed by atoms with Gasteiger partial charge in [-0.25, -0.2) is 0 Å². The zero-order chi connectivity index (χ0) is 68.3. The molecule has 0 aliphatic rings. The largest absolute Gasteiger partial charge is 0.544 e. The van der Waals surface area contributed by atoms with Crippen LogP contribution in [-0.2, 0) is 21.0 Å². The number of hydrogen-bond donors (Lipinski definition) is 0. The van der Waals surface area contributed by atoms with Crippen LogP contribution in [0, 0.1) is 6.92 Å². The Balaban J connectivity index is 0.000000344. The molecular weight excluding hydrogens is 1200 g/mol. The van der Waals surface area contributed by atoms with Gasteiger partial charge in [-0.2, -0.15) is 0 Å². The third kappa shape index (κ3) is 22.2. The quantitative estimate of drug-likeness (QED) is 0.0244. The monoisotopic (exact) mass is 1330 g/mol. The first kappa shape index (κ1) is 80.1. The number of carbonyl (C=O) groups excluding carboxylic acids is 1. The maximum Gasteiger partial charge on any atom is 0.308 e. The lowest BCUT2D eigenvalue weighted by Crippen LogP contribution is -2.39. The summed E-state index contributed by atoms with van der Waals surface area (Å²) in [4.78, 5) is 10.9. The molecule has 0 spiro atoms. The van der Waals surface area contributed by atoms with E-state index in [4.69, 9.17) is 27.2 Å². The molecule has 0 aliphatic heterocycles. The van der Waals surface area contributed by atoms with E-state index in [0.717, 1.165) is 34.3 Å². The number of methoxy groups -OCH3 is 1. The summed E-state index contributed by atoms with van der Waals surface area (Å²) in [5, 5.41) is 0. The lowest BCUT2D eigenvalue weighted by Gasteiger charge is -2.32. The molecule has 12 heteroatoms. The van der Waals surface area contributed by atoms with E-state index in [-0.39, 0.29) is 31.0 Å². The van der Waals surface area contributed by atoms with E-state index in [2.05, 4.69) is 255 Å². The molecule has 6 aromatic carbocycles. The lowest BCUT2D eigenvalue weighted by atomic mass is 9.77. The maximum atomic E-state index is 10.9. The van der Waals surface area contributed by atoms with Crippen LogP contribution in [0.1, 0.15) is 191 Å². The van der Waals surface area contributed by atoms with Crippen molar-refractivity contribution in [1.82, 2.24) is 0 Å². The van der Waals surface area contributed by atoms with Gasteiger partial charge in [0.05, 0.1) is 7.11 Å². The predicted molar refractivity (Wildman–Crippen MR) is 408 cm³/mol. The minimum Gasteiger partial charge on any atom is -0.544 e. The maximum absolute atomic E-state index is 10.9. The molecule has 0 unspecified atom stereocenters. The standard InChI is InChI=1S/C28H46O2Si2.C27H44O2Si2.C18H20O3.C6H16Si/c1-10-31(11-2,12-3)29-26-19-16-24(17-20-26)28(8,9)25-18-21-27(23(7)22-25)30-32(13-4,14-5)15-6;1-9-30(10-2,11-3)28-25-19-15-23(16-20-25)27(7,8)24-17-21-26(22-18-24)29-31(12-4,13-5)14-6;1-13(19)21-17-11-7-15(8-12-17)18(2,3)14-5-9-16(20-4)10-6-14;1-4-7(5-2)6-3/h16-22H,10-15H2,1-9H3;15-22H,9-14H2,1-8H3;5-12H,1-4H3;7H,4-6H2,1-3H3. The number of aryl methyl sites for hydroxylation is 1. The summed E-state index contributed by atoms with van der Waals surface area (Å²) in [5.41, 5.74) is 8.57. The SMILES string of the molecule is CC[SiH](CC)CC.CC[Si](CC)(CC)Oc1ccc(C(C)(C)c2ccc(O[Si](CC)(CC)CC)c(C)c2)cc1.CC[Si](CC)(CC)Oc1ccc(C(C)(C)c2ccc(O[Si](CC)(CC)CC)cc2)cc1.COc1ccc(C(C)(C)c2ccc(OC(C)=O)cc2)cc1. The molecule has 0 aromatic heterocycles. The molecule has 0 bridgehead atoms. The van der Waals surface area contributed by atoms with Crippen molar-refractivity contribution in [3.63, 3.8) is 0 Å². The Bertz CT molecular complexity index is 2890. The fraction of sp³-hybridized carbons (Fsp3) is 0.532. The van der Waals surface area contributed by atoms with Crippen LogP contribution in [0.2, 0.25) is 90.7 Å². The Hall–Kier alpha value is -5.13. The van der Waals surface area contributed by atoms with E-state index in [0.29, 0.717) is 5.75 Å². The summed E-state index contributed by atoms with van der Waals surface area (Å²) < 4.78 is 36.6. The van der Waals surface area contributed by atoms with Crippen LogP contribution in [-0.4, -0.2) is 55.1 Å². The van der Waals surface area contributed by atoms with Gasteiger partial charge in [-0.1, -0.05) is 236 Å². The third-order valence-corrected chi connectivity index (χ3v) is 42.7. The van der Waals surface area contributed by atoms with Crippen LogP contribution in [0.5, 0.6) is 34.5 Å². The fourth-order valence-electron chi connectivity index (χ4n) is 12.3. The van der Waals surface area contributed by atoms with Crippen LogP contribution < -0.4 is 27.2 Å². The van der Waals surface area contributed by atoms with Crippen molar-refractivity contribution in [2.24, 2.45) is 0 Å². The van der Waals surface area contributed by atoms with Crippen molar-refractivity contribution in [3.05, 3.63) is 178 Å². The van der Waals surface area contributed by atoms with Gasteiger partial charge in [0.2, 0.25) is 33.3 Å². The molecule has 0 amide bonds. The molecule has 0 fully saturated rings. The summed E-state index contributed by atoms with van der Waals surface area (Å²) in [6, 6.07) is 67.4. The van der Waals surface area contributed by atoms with Gasteiger partial charge in [-0.05, 0) is 185 Å². The van der Waals surface area contributed by atoms with Crippen molar-refractivity contribution in [1.29, 1.82) is 0 Å². The summed E-state index contributed by atoms with van der Waals surface area (Å²) in [6.07, 6.45) is 0. The second-order valence-corrected chi connectivity index (χ2v) is 49.7. The fourth-order valence-corrected chi connectivity index (χ4v) is 24.4. The highest BCUT2D eigenvalue weighted by atomic mass is 28.4. The molecular formula is C79H126O7Si5. The molecule has 0 heterocycles. The summed E-state index contributed by atoms with van der Waals surface area (Å²) in [7, 11) is -5.08. The Morgan fingerprint density at radius 3 is 0.791 bits per heavy atom. The molecule has 0 saturated heterocycles. The number of hydrogen-bond acceptors (Lipinski definition) is 7. The van der Waals surface area contributed by atoms with Crippen molar-refractivity contribution >= 4 is 48.0 Å². The number of esters is 1. The minimum absolute atomic E-state index is 0.0688. The average molecular weight is 1330 g/mol. The van der Waals surface area contributed by atoms with Gasteiger partial charge in [0, 0.05) is 32.0 Å². The van der Waals surface area contributed by atoms with Gasteiger partial charge in [-0.15, -0.1) is 0 Å². The highest BCUT2D eigenvalue weighted by molar-refractivity contribution is 6.75. The van der Waals surface area contributed by atoms with Gasteiger partial charge >= 0.3 is 5.97 Å². The molecule has 6 aromatic rings. The Morgan fingerprint density at radius 1 is 0.341 bits per heavy atom. The molecule has 0 saturated carbocycles. The lowest BCUT2D eigenvalue weighted by molar-refractivity contribution is -0.131. The minimum atomic E-state index is -1.66. The molecule has 91 heavy (non-hydrogen) atoms. The zero-order valence-corrected chi connectivity index (χ0v) is 67.0. The number of benzene rings is 6. The van der Waals surface area contributed by atoms with Crippen molar-refractivity contribution < 1.29 is 32.0 Å². The van der Waals surface area contributed by atoms with Crippen LogP contribution in [0.25, 0.3) is 0 Å². The van der Waals surface area contributed by atoms with Crippen molar-refractivity contribution in [2.75, 3.05) is 7.11 Å². The van der Waals surface area contributed by atoms with E-state index in [9.17, 15) is 4.79 Å². The predicted octanol–water partition coefficient (Wildman–Crippen LogP) is 24.1.